The molecule has 0 unspecified atom stereocenters. The first-order chi connectivity index (χ1) is 11.7. The lowest BCUT2D eigenvalue weighted by Crippen LogP contribution is -2.37. The first-order valence-corrected chi connectivity index (χ1v) is 9.59. The van der Waals surface area contributed by atoms with Gasteiger partial charge in [-0.3, -0.25) is 4.79 Å². The standard InChI is InChI=1S/C17H21NO6S/c1-11-13(15(19)24-2)6-3-7-14(11)25(22,23)18-9-12-5-4-8-17(12,10-18)16(20)21/h3,6-7,12H,4-5,8-10H2,1-2H3,(H,20,21)/t12-,17+/m0/s1. The Bertz CT molecular complexity index is 834. The van der Waals surface area contributed by atoms with Gasteiger partial charge >= 0.3 is 11.9 Å². The average Bonchev–Trinajstić information content (AvgIpc) is 3.12. The molecule has 2 fully saturated rings. The molecule has 3 rings (SSSR count). The van der Waals surface area contributed by atoms with E-state index in [4.69, 9.17) is 4.74 Å². The minimum absolute atomic E-state index is 0.0166. The molecule has 136 valence electrons. The molecule has 1 aliphatic carbocycles. The number of benzene rings is 1. The van der Waals surface area contributed by atoms with Gasteiger partial charge in [-0.15, -0.1) is 0 Å². The molecule has 0 amide bonds. The largest absolute Gasteiger partial charge is 0.481 e. The van der Waals surface area contributed by atoms with Crippen LogP contribution in [0.3, 0.4) is 0 Å². The smallest absolute Gasteiger partial charge is 0.338 e. The molecule has 0 bridgehead atoms. The van der Waals surface area contributed by atoms with Crippen LogP contribution < -0.4 is 0 Å². The first kappa shape index (κ1) is 17.9. The molecule has 1 saturated heterocycles. The zero-order valence-corrected chi connectivity index (χ0v) is 15.0. The fraction of sp³-hybridized carbons (Fsp3) is 0.529. The number of carbonyl (C=O) groups excluding carboxylic acids is 1. The van der Waals surface area contributed by atoms with Crippen LogP contribution in [0.25, 0.3) is 0 Å². The number of fused-ring (bicyclic) bond motifs is 1. The average molecular weight is 367 g/mol. The fourth-order valence-corrected chi connectivity index (χ4v) is 5.94. The molecule has 1 aliphatic heterocycles. The summed E-state index contributed by atoms with van der Waals surface area (Å²) in [4.78, 5) is 23.6. The van der Waals surface area contributed by atoms with Gasteiger partial charge in [0.2, 0.25) is 10.0 Å². The van der Waals surface area contributed by atoms with Crippen molar-refractivity contribution in [2.45, 2.75) is 31.1 Å². The van der Waals surface area contributed by atoms with Gasteiger partial charge in [0.15, 0.2) is 0 Å². The zero-order valence-electron chi connectivity index (χ0n) is 14.2. The predicted molar refractivity (Wildman–Crippen MR) is 88.7 cm³/mol. The highest BCUT2D eigenvalue weighted by atomic mass is 32.2. The molecule has 8 heteroatoms. The lowest BCUT2D eigenvalue weighted by Gasteiger charge is -2.23. The summed E-state index contributed by atoms with van der Waals surface area (Å²) < 4.78 is 32.1. The third-order valence-corrected chi connectivity index (χ3v) is 7.53. The topological polar surface area (TPSA) is 101 Å². The van der Waals surface area contributed by atoms with Crippen LogP contribution in [-0.4, -0.2) is 50.0 Å². The number of methoxy groups -OCH3 is 1. The van der Waals surface area contributed by atoms with E-state index in [1.165, 1.54) is 29.6 Å². The van der Waals surface area contributed by atoms with Crippen LogP contribution in [0.1, 0.15) is 35.2 Å². The summed E-state index contributed by atoms with van der Waals surface area (Å²) in [6.45, 7) is 1.75. The Balaban J connectivity index is 1.99. The number of carboxylic acid groups (broad SMARTS) is 1. The molecule has 1 saturated carbocycles. The molecule has 25 heavy (non-hydrogen) atoms. The van der Waals surface area contributed by atoms with E-state index in [1.54, 1.807) is 6.92 Å². The summed E-state index contributed by atoms with van der Waals surface area (Å²) in [6, 6.07) is 4.45. The molecule has 0 aromatic heterocycles. The lowest BCUT2D eigenvalue weighted by atomic mass is 9.81. The molecule has 7 nitrogen and oxygen atoms in total. The van der Waals surface area contributed by atoms with Gasteiger partial charge < -0.3 is 9.84 Å². The fourth-order valence-electron chi connectivity index (χ4n) is 4.14. The number of carboxylic acids is 1. The van der Waals surface area contributed by atoms with Crippen molar-refractivity contribution in [3.63, 3.8) is 0 Å². The van der Waals surface area contributed by atoms with Crippen LogP contribution in [-0.2, 0) is 19.6 Å². The van der Waals surface area contributed by atoms with Gasteiger partial charge in [-0.2, -0.15) is 4.31 Å². The number of aliphatic carboxylic acids is 1. The third-order valence-electron chi connectivity index (χ3n) is 5.57. The van der Waals surface area contributed by atoms with Gasteiger partial charge in [0, 0.05) is 13.1 Å². The van der Waals surface area contributed by atoms with E-state index in [0.717, 1.165) is 12.8 Å². The van der Waals surface area contributed by atoms with E-state index in [9.17, 15) is 23.1 Å². The van der Waals surface area contributed by atoms with Crippen molar-refractivity contribution in [2.75, 3.05) is 20.2 Å². The highest BCUT2D eigenvalue weighted by molar-refractivity contribution is 7.89. The number of sulfonamides is 1. The number of rotatable bonds is 4. The van der Waals surface area contributed by atoms with E-state index in [2.05, 4.69) is 0 Å². The Morgan fingerprint density at radius 2 is 2.08 bits per heavy atom. The number of hydrogen-bond donors (Lipinski definition) is 1. The van der Waals surface area contributed by atoms with Gasteiger partial charge in [0.05, 0.1) is 23.0 Å². The summed E-state index contributed by atoms with van der Waals surface area (Å²) >= 11 is 0. The second-order valence-electron chi connectivity index (χ2n) is 6.77. The molecular weight excluding hydrogens is 346 g/mol. The molecule has 1 N–H and O–H groups in total. The lowest BCUT2D eigenvalue weighted by molar-refractivity contribution is -0.149. The van der Waals surface area contributed by atoms with Gasteiger partial charge in [0.1, 0.15) is 0 Å². The van der Waals surface area contributed by atoms with Crippen molar-refractivity contribution >= 4 is 22.0 Å². The van der Waals surface area contributed by atoms with E-state index in [1.807, 2.05) is 0 Å². The van der Waals surface area contributed by atoms with E-state index in [-0.39, 0.29) is 29.5 Å². The van der Waals surface area contributed by atoms with Crippen molar-refractivity contribution in [1.29, 1.82) is 0 Å². The molecule has 0 spiro atoms. The highest BCUT2D eigenvalue weighted by Crippen LogP contribution is 2.50. The Kier molecular flexibility index (Phi) is 4.36. The minimum atomic E-state index is -3.89. The van der Waals surface area contributed by atoms with Crippen LogP contribution in [0.2, 0.25) is 0 Å². The number of nitrogens with zero attached hydrogens (tertiary/aromatic N) is 1. The molecule has 1 aromatic carbocycles. The van der Waals surface area contributed by atoms with Crippen LogP contribution in [0.15, 0.2) is 23.1 Å². The Hall–Kier alpha value is -1.93. The number of ether oxygens (including phenoxy) is 1. The summed E-state index contributed by atoms with van der Waals surface area (Å²) in [5.41, 5.74) is -0.479. The third kappa shape index (κ3) is 2.64. The molecule has 2 aliphatic rings. The molecule has 2 atom stereocenters. The Labute approximate surface area is 146 Å². The predicted octanol–water partition coefficient (Wildman–Crippen LogP) is 1.66. The highest BCUT2D eigenvalue weighted by Gasteiger charge is 2.57. The van der Waals surface area contributed by atoms with E-state index < -0.39 is 27.4 Å². The van der Waals surface area contributed by atoms with Crippen molar-refractivity contribution in [2.24, 2.45) is 11.3 Å². The van der Waals surface area contributed by atoms with Crippen molar-refractivity contribution < 1.29 is 27.9 Å². The van der Waals surface area contributed by atoms with Crippen molar-refractivity contribution in [1.82, 2.24) is 4.31 Å². The summed E-state index contributed by atoms with van der Waals surface area (Å²) in [5.74, 6) is -1.69. The SMILES string of the molecule is COC(=O)c1cccc(S(=O)(=O)N2C[C@@H]3CCC[C@@]3(C(=O)O)C2)c1C. The van der Waals surface area contributed by atoms with Gasteiger partial charge in [-0.05, 0) is 43.4 Å². The van der Waals surface area contributed by atoms with Crippen molar-refractivity contribution in [3.8, 4) is 0 Å². The normalized spacial score (nSPS) is 26.4. The van der Waals surface area contributed by atoms with Crippen molar-refractivity contribution in [3.05, 3.63) is 29.3 Å². The maximum atomic E-state index is 13.1. The second kappa shape index (κ2) is 6.10. The number of carbonyl (C=O) groups is 2. The maximum absolute atomic E-state index is 13.1. The molecular formula is C17H21NO6S. The molecule has 1 heterocycles. The number of hydrogen-bond acceptors (Lipinski definition) is 5. The van der Waals surface area contributed by atoms with Crippen LogP contribution in [0.4, 0.5) is 0 Å². The van der Waals surface area contributed by atoms with E-state index in [0.29, 0.717) is 12.0 Å². The summed E-state index contributed by atoms with van der Waals surface area (Å²) in [7, 11) is -2.65. The summed E-state index contributed by atoms with van der Waals surface area (Å²) in [6.07, 6.45) is 2.03. The van der Waals surface area contributed by atoms with Crippen LogP contribution in [0, 0.1) is 18.3 Å². The molecule has 1 aromatic rings. The Morgan fingerprint density at radius 3 is 2.68 bits per heavy atom. The number of esters is 1. The maximum Gasteiger partial charge on any atom is 0.338 e. The second-order valence-corrected chi connectivity index (χ2v) is 8.67. The minimum Gasteiger partial charge on any atom is -0.481 e. The van der Waals surface area contributed by atoms with E-state index >= 15 is 0 Å². The molecule has 0 radical (unpaired) electrons. The van der Waals surface area contributed by atoms with Gasteiger partial charge in [-0.1, -0.05) is 12.5 Å². The van der Waals surface area contributed by atoms with Gasteiger partial charge in [-0.25, -0.2) is 13.2 Å². The monoisotopic (exact) mass is 367 g/mol. The Morgan fingerprint density at radius 1 is 1.36 bits per heavy atom. The quantitative estimate of drug-likeness (QED) is 0.812. The first-order valence-electron chi connectivity index (χ1n) is 8.15. The van der Waals surface area contributed by atoms with Crippen LogP contribution >= 0.6 is 0 Å². The van der Waals surface area contributed by atoms with Gasteiger partial charge in [0.25, 0.3) is 0 Å². The summed E-state index contributed by atoms with van der Waals surface area (Å²) in [5, 5.41) is 9.65. The zero-order chi connectivity index (χ0) is 18.4. The van der Waals surface area contributed by atoms with Crippen LogP contribution in [0.5, 0.6) is 0 Å².